The number of nitrogens with two attached hydrogens (primary N) is 1. The van der Waals surface area contributed by atoms with Crippen molar-refractivity contribution in [1.29, 1.82) is 0 Å². The molecule has 2 unspecified atom stereocenters. The number of benzene rings is 1. The maximum atomic E-state index is 10.7. The third-order valence-corrected chi connectivity index (χ3v) is 2.96. The molecule has 1 amide bonds. The predicted octanol–water partition coefficient (Wildman–Crippen LogP) is -0.473. The lowest BCUT2D eigenvalue weighted by Crippen LogP contribution is -2.34. The molecule has 1 fully saturated rings. The van der Waals surface area contributed by atoms with E-state index in [0.29, 0.717) is 5.92 Å². The second-order valence-corrected chi connectivity index (χ2v) is 4.27. The van der Waals surface area contributed by atoms with Gasteiger partial charge in [-0.3, -0.25) is 10.2 Å². The topological polar surface area (TPSA) is 79.2 Å². The van der Waals surface area contributed by atoms with Gasteiger partial charge in [-0.25, -0.2) is 5.43 Å². The molecule has 2 rings (SSSR count). The van der Waals surface area contributed by atoms with Gasteiger partial charge in [0.1, 0.15) is 0 Å². The first-order chi connectivity index (χ1) is 8.27. The van der Waals surface area contributed by atoms with Crippen LogP contribution in [0.1, 0.15) is 11.6 Å². The van der Waals surface area contributed by atoms with Gasteiger partial charge in [-0.05, 0) is 5.56 Å². The van der Waals surface area contributed by atoms with Crippen molar-refractivity contribution in [2.45, 2.75) is 6.04 Å². The fourth-order valence-electron chi connectivity index (χ4n) is 2.12. The van der Waals surface area contributed by atoms with Crippen LogP contribution in [0.15, 0.2) is 30.3 Å². The van der Waals surface area contributed by atoms with Gasteiger partial charge in [-0.2, -0.15) is 0 Å². The summed E-state index contributed by atoms with van der Waals surface area (Å²) in [5, 5.41) is 3.07. The molecular weight excluding hydrogens is 216 g/mol. The summed E-state index contributed by atoms with van der Waals surface area (Å²) in [6.45, 7) is 1.88. The lowest BCUT2D eigenvalue weighted by Gasteiger charge is -2.18. The highest BCUT2D eigenvalue weighted by Gasteiger charge is 2.27. The van der Waals surface area contributed by atoms with Crippen molar-refractivity contribution in [1.82, 2.24) is 16.2 Å². The van der Waals surface area contributed by atoms with Crippen LogP contribution < -0.4 is 21.9 Å². The Morgan fingerprint density at radius 3 is 2.88 bits per heavy atom. The first-order valence-corrected chi connectivity index (χ1v) is 5.79. The fourth-order valence-corrected chi connectivity index (χ4v) is 2.12. The highest BCUT2D eigenvalue weighted by molar-refractivity contribution is 5.75. The van der Waals surface area contributed by atoms with Gasteiger partial charge >= 0.3 is 0 Å². The highest BCUT2D eigenvalue weighted by Crippen LogP contribution is 2.23. The van der Waals surface area contributed by atoms with Crippen molar-refractivity contribution in [2.75, 3.05) is 19.6 Å². The van der Waals surface area contributed by atoms with Crippen LogP contribution in [-0.2, 0) is 4.79 Å². The molecule has 0 bridgehead atoms. The molecule has 17 heavy (non-hydrogen) atoms. The number of hydrogen-bond donors (Lipinski definition) is 4. The predicted molar refractivity (Wildman–Crippen MR) is 65.9 cm³/mol. The molecule has 1 aromatic rings. The summed E-state index contributed by atoms with van der Waals surface area (Å²) in [5.74, 6) is 0.0944. The van der Waals surface area contributed by atoms with Gasteiger partial charge in [-0.15, -0.1) is 0 Å². The van der Waals surface area contributed by atoms with E-state index in [2.05, 4.69) is 28.3 Å². The largest absolute Gasteiger partial charge is 0.369 e. The first kappa shape index (κ1) is 12.0. The Labute approximate surface area is 101 Å². The molecule has 1 aromatic carbocycles. The summed E-state index contributed by atoms with van der Waals surface area (Å²) in [5.41, 5.74) is 12.8. The average Bonchev–Trinajstić information content (AvgIpc) is 2.78. The Balaban J connectivity index is 1.91. The molecular formula is C12H18N4O. The van der Waals surface area contributed by atoms with Crippen molar-refractivity contribution in [3.8, 4) is 0 Å². The highest BCUT2D eigenvalue weighted by atomic mass is 16.1. The quantitative estimate of drug-likeness (QED) is 0.555. The van der Waals surface area contributed by atoms with Gasteiger partial charge in [0, 0.05) is 19.0 Å². The van der Waals surface area contributed by atoms with Crippen LogP contribution in [0.5, 0.6) is 0 Å². The van der Waals surface area contributed by atoms with E-state index in [9.17, 15) is 4.79 Å². The van der Waals surface area contributed by atoms with Crippen LogP contribution in [0.3, 0.4) is 0 Å². The van der Waals surface area contributed by atoms with Crippen LogP contribution in [0, 0.1) is 5.92 Å². The lowest BCUT2D eigenvalue weighted by molar-refractivity contribution is -0.117. The number of nitrogens with one attached hydrogen (secondary N) is 3. The first-order valence-electron chi connectivity index (χ1n) is 5.79. The molecule has 1 saturated heterocycles. The minimum atomic E-state index is -0.319. The monoisotopic (exact) mass is 234 g/mol. The summed E-state index contributed by atoms with van der Waals surface area (Å²) in [6, 6.07) is 10.5. The Morgan fingerprint density at radius 2 is 2.18 bits per heavy atom. The second-order valence-electron chi connectivity index (χ2n) is 4.27. The molecule has 1 aliphatic heterocycles. The molecule has 5 nitrogen and oxygen atoms in total. The van der Waals surface area contributed by atoms with Crippen molar-refractivity contribution in [2.24, 2.45) is 11.7 Å². The van der Waals surface area contributed by atoms with Gasteiger partial charge in [0.2, 0.25) is 5.91 Å². The van der Waals surface area contributed by atoms with Gasteiger partial charge in [0.15, 0.2) is 0 Å². The Morgan fingerprint density at radius 1 is 1.41 bits per heavy atom. The molecule has 1 heterocycles. The summed E-state index contributed by atoms with van der Waals surface area (Å²) in [4.78, 5) is 10.7. The maximum Gasteiger partial charge on any atom is 0.231 e. The van der Waals surface area contributed by atoms with Crippen LogP contribution in [0.4, 0.5) is 0 Å². The molecule has 1 aliphatic rings. The van der Waals surface area contributed by atoms with E-state index in [1.54, 1.807) is 0 Å². The zero-order valence-electron chi connectivity index (χ0n) is 9.65. The standard InChI is InChI=1S/C12H18N4O/c13-11(17)8-14-6-10-7-15-16-12(10)9-4-2-1-3-5-9/h1-5,10,12,14-16H,6-8H2,(H2,13,17). The van der Waals surface area contributed by atoms with E-state index in [1.165, 1.54) is 5.56 Å². The minimum absolute atomic E-state index is 0.234. The number of hydrogen-bond acceptors (Lipinski definition) is 4. The fraction of sp³-hybridized carbons (Fsp3) is 0.417. The number of carbonyl (C=O) groups is 1. The third kappa shape index (κ3) is 3.26. The molecule has 0 aliphatic carbocycles. The number of primary amides is 1. The van der Waals surface area contributed by atoms with Crippen molar-refractivity contribution >= 4 is 5.91 Å². The molecule has 2 atom stereocenters. The van der Waals surface area contributed by atoms with E-state index in [-0.39, 0.29) is 18.5 Å². The zero-order chi connectivity index (χ0) is 12.1. The molecule has 5 N–H and O–H groups in total. The number of rotatable bonds is 5. The van der Waals surface area contributed by atoms with Gasteiger partial charge in [-0.1, -0.05) is 30.3 Å². The molecule has 92 valence electrons. The molecule has 0 aromatic heterocycles. The Kier molecular flexibility index (Phi) is 4.08. The van der Waals surface area contributed by atoms with Crippen molar-refractivity contribution in [3.05, 3.63) is 35.9 Å². The molecule has 0 radical (unpaired) electrons. The summed E-state index contributed by atoms with van der Waals surface area (Å²) < 4.78 is 0. The van der Waals surface area contributed by atoms with Crippen molar-refractivity contribution in [3.63, 3.8) is 0 Å². The Bertz CT molecular complexity index is 368. The average molecular weight is 234 g/mol. The van der Waals surface area contributed by atoms with Crippen LogP contribution in [0.2, 0.25) is 0 Å². The summed E-state index contributed by atoms with van der Waals surface area (Å²) in [6.07, 6.45) is 0. The number of carbonyl (C=O) groups excluding carboxylic acids is 1. The zero-order valence-corrected chi connectivity index (χ0v) is 9.65. The summed E-state index contributed by atoms with van der Waals surface area (Å²) in [7, 11) is 0. The van der Waals surface area contributed by atoms with E-state index in [4.69, 9.17) is 5.73 Å². The number of amides is 1. The molecule has 0 saturated carbocycles. The second kappa shape index (κ2) is 5.77. The maximum absolute atomic E-state index is 10.7. The van der Waals surface area contributed by atoms with E-state index in [0.717, 1.165) is 13.1 Å². The minimum Gasteiger partial charge on any atom is -0.369 e. The van der Waals surface area contributed by atoms with Crippen LogP contribution in [-0.4, -0.2) is 25.5 Å². The summed E-state index contributed by atoms with van der Waals surface area (Å²) >= 11 is 0. The van der Waals surface area contributed by atoms with Gasteiger partial charge < -0.3 is 11.1 Å². The lowest BCUT2D eigenvalue weighted by atomic mass is 9.95. The van der Waals surface area contributed by atoms with Crippen LogP contribution in [0.25, 0.3) is 0 Å². The van der Waals surface area contributed by atoms with Crippen molar-refractivity contribution < 1.29 is 4.79 Å². The molecule has 0 spiro atoms. The van der Waals surface area contributed by atoms with Gasteiger partial charge in [0.25, 0.3) is 0 Å². The smallest absolute Gasteiger partial charge is 0.231 e. The van der Waals surface area contributed by atoms with E-state index < -0.39 is 0 Å². The Hall–Kier alpha value is -1.43. The normalized spacial score (nSPS) is 23.8. The third-order valence-electron chi connectivity index (χ3n) is 2.96. The van der Waals surface area contributed by atoms with E-state index >= 15 is 0 Å². The number of hydrazine groups is 1. The SMILES string of the molecule is NC(=O)CNCC1CNNC1c1ccccc1. The molecule has 5 heteroatoms. The van der Waals surface area contributed by atoms with Crippen LogP contribution >= 0.6 is 0 Å². The van der Waals surface area contributed by atoms with E-state index in [1.807, 2.05) is 18.2 Å². The van der Waals surface area contributed by atoms with Gasteiger partial charge in [0.05, 0.1) is 12.6 Å².